The van der Waals surface area contributed by atoms with Crippen molar-refractivity contribution in [3.63, 3.8) is 0 Å². The zero-order chi connectivity index (χ0) is 17.1. The van der Waals surface area contributed by atoms with Gasteiger partial charge in [0.2, 0.25) is 5.13 Å². The van der Waals surface area contributed by atoms with Crippen molar-refractivity contribution in [2.45, 2.75) is 20.4 Å². The number of aromatic nitrogens is 4. The standard InChI is InChI=1S/C16H18N6OS/c1-11-14(9-21(3)16(23)18-15-19-17-10-24-15)12(2)22(20-11)13-7-5-4-6-8-13/h4-8,10H,9H2,1-3H3,(H,18,19,23). The second kappa shape index (κ2) is 6.79. The van der Waals surface area contributed by atoms with Gasteiger partial charge in [0.05, 0.1) is 17.9 Å². The molecule has 24 heavy (non-hydrogen) atoms. The second-order valence-corrected chi connectivity index (χ2v) is 6.26. The Hall–Kier alpha value is -2.74. The Labute approximate surface area is 143 Å². The van der Waals surface area contributed by atoms with Gasteiger partial charge in [-0.2, -0.15) is 5.10 Å². The lowest BCUT2D eigenvalue weighted by Gasteiger charge is -2.17. The first-order valence-corrected chi connectivity index (χ1v) is 8.33. The topological polar surface area (TPSA) is 75.9 Å². The molecule has 2 amide bonds. The Morgan fingerprint density at radius 3 is 2.71 bits per heavy atom. The maximum absolute atomic E-state index is 12.2. The van der Waals surface area contributed by atoms with Crippen molar-refractivity contribution < 1.29 is 4.79 Å². The lowest BCUT2D eigenvalue weighted by Crippen LogP contribution is -2.31. The Morgan fingerprint density at radius 1 is 1.29 bits per heavy atom. The van der Waals surface area contributed by atoms with Gasteiger partial charge >= 0.3 is 6.03 Å². The number of carbonyl (C=O) groups excluding carboxylic acids is 1. The predicted octanol–water partition coefficient (Wildman–Crippen LogP) is 3.00. The summed E-state index contributed by atoms with van der Waals surface area (Å²) in [5, 5.41) is 15.3. The number of hydrogen-bond donors (Lipinski definition) is 1. The molecular formula is C16H18N6OS. The van der Waals surface area contributed by atoms with Crippen molar-refractivity contribution in [2.24, 2.45) is 0 Å². The molecular weight excluding hydrogens is 324 g/mol. The van der Waals surface area contributed by atoms with Gasteiger partial charge in [-0.1, -0.05) is 29.5 Å². The number of hydrogen-bond acceptors (Lipinski definition) is 5. The number of nitrogens with one attached hydrogen (secondary N) is 1. The zero-order valence-electron chi connectivity index (χ0n) is 13.7. The summed E-state index contributed by atoms with van der Waals surface area (Å²) >= 11 is 1.29. The first-order chi connectivity index (χ1) is 11.6. The summed E-state index contributed by atoms with van der Waals surface area (Å²) in [4.78, 5) is 13.8. The van der Waals surface area contributed by atoms with E-state index in [1.165, 1.54) is 11.3 Å². The molecule has 0 saturated carbocycles. The number of nitrogens with zero attached hydrogens (tertiary/aromatic N) is 5. The normalized spacial score (nSPS) is 10.6. The van der Waals surface area contributed by atoms with Crippen LogP contribution in [0.1, 0.15) is 17.0 Å². The highest BCUT2D eigenvalue weighted by molar-refractivity contribution is 7.13. The molecule has 0 saturated heterocycles. The van der Waals surface area contributed by atoms with Crippen LogP contribution in [-0.2, 0) is 6.54 Å². The van der Waals surface area contributed by atoms with Gasteiger partial charge in [-0.05, 0) is 26.0 Å². The fourth-order valence-electron chi connectivity index (χ4n) is 2.45. The van der Waals surface area contributed by atoms with Gasteiger partial charge in [0.1, 0.15) is 5.51 Å². The summed E-state index contributed by atoms with van der Waals surface area (Å²) in [5.41, 5.74) is 5.55. The van der Waals surface area contributed by atoms with Gasteiger partial charge < -0.3 is 4.90 Å². The zero-order valence-corrected chi connectivity index (χ0v) is 14.5. The minimum absolute atomic E-state index is 0.224. The van der Waals surface area contributed by atoms with Crippen molar-refractivity contribution in [1.82, 2.24) is 24.9 Å². The summed E-state index contributed by atoms with van der Waals surface area (Å²) < 4.78 is 1.90. The van der Waals surface area contributed by atoms with Crippen molar-refractivity contribution in [1.29, 1.82) is 0 Å². The molecule has 0 atom stereocenters. The van der Waals surface area contributed by atoms with Crippen molar-refractivity contribution in [3.8, 4) is 5.69 Å². The smallest absolute Gasteiger partial charge is 0.323 e. The summed E-state index contributed by atoms with van der Waals surface area (Å²) in [5.74, 6) is 0. The largest absolute Gasteiger partial charge is 0.323 e. The Bertz CT molecular complexity index is 828. The van der Waals surface area contributed by atoms with E-state index in [0.717, 1.165) is 22.6 Å². The second-order valence-electron chi connectivity index (χ2n) is 5.43. The maximum Gasteiger partial charge on any atom is 0.323 e. The number of rotatable bonds is 4. The Balaban J connectivity index is 1.78. The van der Waals surface area contributed by atoms with Gasteiger partial charge in [0.25, 0.3) is 0 Å². The third kappa shape index (κ3) is 3.28. The Kier molecular flexibility index (Phi) is 4.57. The molecule has 1 N–H and O–H groups in total. The molecule has 2 aromatic heterocycles. The van der Waals surface area contributed by atoms with Crippen LogP contribution in [0.2, 0.25) is 0 Å². The molecule has 7 nitrogen and oxygen atoms in total. The van der Waals surface area contributed by atoms with E-state index in [9.17, 15) is 4.79 Å². The highest BCUT2D eigenvalue weighted by Crippen LogP contribution is 2.19. The van der Waals surface area contributed by atoms with Crippen LogP contribution >= 0.6 is 11.3 Å². The van der Waals surface area contributed by atoms with Crippen LogP contribution in [-0.4, -0.2) is 38.0 Å². The lowest BCUT2D eigenvalue weighted by molar-refractivity contribution is 0.220. The van der Waals surface area contributed by atoms with Crippen molar-refractivity contribution in [3.05, 3.63) is 52.8 Å². The Morgan fingerprint density at radius 2 is 2.04 bits per heavy atom. The monoisotopic (exact) mass is 342 g/mol. The number of amides is 2. The minimum atomic E-state index is -0.224. The summed E-state index contributed by atoms with van der Waals surface area (Å²) in [7, 11) is 1.75. The highest BCUT2D eigenvalue weighted by atomic mass is 32.1. The van der Waals surface area contributed by atoms with E-state index in [2.05, 4.69) is 20.6 Å². The maximum atomic E-state index is 12.2. The van der Waals surface area contributed by atoms with E-state index >= 15 is 0 Å². The van der Waals surface area contributed by atoms with Gasteiger partial charge in [0, 0.05) is 18.3 Å². The van der Waals surface area contributed by atoms with E-state index in [4.69, 9.17) is 0 Å². The molecule has 0 radical (unpaired) electrons. The molecule has 0 bridgehead atoms. The van der Waals surface area contributed by atoms with E-state index in [1.807, 2.05) is 48.9 Å². The van der Waals surface area contributed by atoms with Crippen molar-refractivity contribution in [2.75, 3.05) is 12.4 Å². The number of para-hydroxylation sites is 1. The summed E-state index contributed by atoms with van der Waals surface area (Å²) in [6.45, 7) is 4.44. The number of aryl methyl sites for hydroxylation is 1. The van der Waals surface area contributed by atoms with Crippen LogP contribution in [0.15, 0.2) is 35.8 Å². The van der Waals surface area contributed by atoms with E-state index in [-0.39, 0.29) is 6.03 Å². The fraction of sp³-hybridized carbons (Fsp3) is 0.250. The molecule has 1 aromatic carbocycles. The molecule has 2 heterocycles. The van der Waals surface area contributed by atoms with Crippen LogP contribution in [0, 0.1) is 13.8 Å². The molecule has 0 aliphatic heterocycles. The van der Waals surface area contributed by atoms with E-state index in [1.54, 1.807) is 17.5 Å². The number of carbonyl (C=O) groups is 1. The van der Waals surface area contributed by atoms with E-state index < -0.39 is 0 Å². The lowest BCUT2D eigenvalue weighted by atomic mass is 10.2. The number of anilines is 1. The SMILES string of the molecule is Cc1nn(-c2ccccc2)c(C)c1CN(C)C(=O)Nc1nncs1. The molecule has 3 aromatic rings. The quantitative estimate of drug-likeness (QED) is 0.791. The molecule has 0 unspecified atom stereocenters. The number of urea groups is 1. The summed E-state index contributed by atoms with van der Waals surface area (Å²) in [6.07, 6.45) is 0. The first kappa shape index (κ1) is 16.1. The molecule has 8 heteroatoms. The highest BCUT2D eigenvalue weighted by Gasteiger charge is 2.17. The van der Waals surface area contributed by atoms with Crippen LogP contribution in [0.3, 0.4) is 0 Å². The van der Waals surface area contributed by atoms with Gasteiger partial charge in [-0.3, -0.25) is 5.32 Å². The van der Waals surface area contributed by atoms with E-state index in [0.29, 0.717) is 11.7 Å². The molecule has 3 rings (SSSR count). The fourth-order valence-corrected chi connectivity index (χ4v) is 2.88. The van der Waals surface area contributed by atoms with Gasteiger partial charge in [-0.25, -0.2) is 9.48 Å². The van der Waals surface area contributed by atoms with Crippen LogP contribution in [0.25, 0.3) is 5.69 Å². The average molecular weight is 342 g/mol. The minimum Gasteiger partial charge on any atom is -0.323 e. The van der Waals surface area contributed by atoms with Gasteiger partial charge in [-0.15, -0.1) is 10.2 Å². The van der Waals surface area contributed by atoms with Crippen LogP contribution < -0.4 is 5.32 Å². The van der Waals surface area contributed by atoms with Gasteiger partial charge in [0.15, 0.2) is 0 Å². The molecule has 0 fully saturated rings. The molecule has 0 spiro atoms. The average Bonchev–Trinajstić information content (AvgIpc) is 3.19. The predicted molar refractivity (Wildman–Crippen MR) is 93.4 cm³/mol. The third-order valence-corrected chi connectivity index (χ3v) is 4.36. The first-order valence-electron chi connectivity index (χ1n) is 7.45. The molecule has 0 aliphatic rings. The van der Waals surface area contributed by atoms with Crippen molar-refractivity contribution >= 4 is 22.5 Å². The van der Waals surface area contributed by atoms with Crippen LogP contribution in [0.4, 0.5) is 9.93 Å². The molecule has 0 aliphatic carbocycles. The summed E-state index contributed by atoms with van der Waals surface area (Å²) in [6, 6.07) is 9.73. The van der Waals surface area contributed by atoms with Crippen LogP contribution in [0.5, 0.6) is 0 Å². The third-order valence-electron chi connectivity index (χ3n) is 3.76. The number of benzene rings is 1. The molecule has 124 valence electrons.